The molecule has 0 fully saturated rings. The number of imidazole rings is 1. The number of fused-ring (bicyclic) bond motifs is 2. The van der Waals surface area contributed by atoms with E-state index in [9.17, 15) is 9.59 Å². The number of benzene rings is 2. The van der Waals surface area contributed by atoms with Crippen LogP contribution in [0.15, 0.2) is 63.8 Å². The van der Waals surface area contributed by atoms with Gasteiger partial charge in [-0.15, -0.1) is 0 Å². The maximum Gasteiger partial charge on any atom is 0.336 e. The fourth-order valence-electron chi connectivity index (χ4n) is 3.62. The first kappa shape index (κ1) is 21.6. The van der Waals surface area contributed by atoms with E-state index in [-0.39, 0.29) is 12.5 Å². The zero-order valence-electron chi connectivity index (χ0n) is 18.2. The van der Waals surface area contributed by atoms with Gasteiger partial charge in [0.15, 0.2) is 6.61 Å². The lowest BCUT2D eigenvalue weighted by atomic mass is 10.2. The van der Waals surface area contributed by atoms with Crippen molar-refractivity contribution in [3.63, 3.8) is 0 Å². The molecule has 0 spiro atoms. The summed E-state index contributed by atoms with van der Waals surface area (Å²) >= 11 is 0. The van der Waals surface area contributed by atoms with Crippen molar-refractivity contribution in [2.75, 3.05) is 31.6 Å². The van der Waals surface area contributed by atoms with E-state index in [0.717, 1.165) is 36.1 Å². The van der Waals surface area contributed by atoms with Crippen molar-refractivity contribution >= 4 is 33.9 Å². The van der Waals surface area contributed by atoms with Crippen molar-refractivity contribution in [2.24, 2.45) is 0 Å². The van der Waals surface area contributed by atoms with Crippen LogP contribution in [0.2, 0.25) is 0 Å². The molecule has 8 nitrogen and oxygen atoms in total. The second kappa shape index (κ2) is 9.65. The highest BCUT2D eigenvalue weighted by molar-refractivity contribution is 5.92. The molecule has 1 amide bonds. The molecular formula is C24H26N4O4. The Kier molecular flexibility index (Phi) is 6.51. The van der Waals surface area contributed by atoms with Crippen LogP contribution in [0.25, 0.3) is 22.0 Å². The summed E-state index contributed by atoms with van der Waals surface area (Å²) in [5.74, 6) is 0.618. The topological polar surface area (TPSA) is 89.6 Å². The smallest absolute Gasteiger partial charge is 0.336 e. The Labute approximate surface area is 185 Å². The highest BCUT2D eigenvalue weighted by Gasteiger charge is 2.14. The number of amides is 1. The summed E-state index contributed by atoms with van der Waals surface area (Å²) in [7, 11) is 0. The highest BCUT2D eigenvalue weighted by Crippen LogP contribution is 2.21. The van der Waals surface area contributed by atoms with Gasteiger partial charge >= 0.3 is 5.63 Å². The molecular weight excluding hydrogens is 408 g/mol. The molecule has 2 heterocycles. The number of likely N-dealkylation sites (N-methyl/N-ethyl adjacent to an activating group) is 1. The summed E-state index contributed by atoms with van der Waals surface area (Å²) < 4.78 is 12.8. The van der Waals surface area contributed by atoms with E-state index in [1.807, 2.05) is 28.8 Å². The van der Waals surface area contributed by atoms with E-state index < -0.39 is 5.63 Å². The average molecular weight is 434 g/mol. The van der Waals surface area contributed by atoms with Gasteiger partial charge in [-0.1, -0.05) is 26.0 Å². The normalized spacial score (nSPS) is 11.3. The Hall–Kier alpha value is -3.65. The third-order valence-corrected chi connectivity index (χ3v) is 5.40. The lowest BCUT2D eigenvalue weighted by Crippen LogP contribution is -2.28. The summed E-state index contributed by atoms with van der Waals surface area (Å²) in [6, 6.07) is 16.0. The van der Waals surface area contributed by atoms with Gasteiger partial charge in [-0.3, -0.25) is 10.1 Å². The number of rotatable bonds is 9. The van der Waals surface area contributed by atoms with Gasteiger partial charge in [-0.25, -0.2) is 9.78 Å². The summed E-state index contributed by atoms with van der Waals surface area (Å²) in [4.78, 5) is 30.9. The number of carbonyl (C=O) groups excluding carboxylic acids is 1. The number of aromatic nitrogens is 2. The van der Waals surface area contributed by atoms with Crippen LogP contribution < -0.4 is 15.7 Å². The van der Waals surface area contributed by atoms with Crippen LogP contribution in [0, 0.1) is 0 Å². The molecule has 2 aromatic heterocycles. The van der Waals surface area contributed by atoms with E-state index in [0.29, 0.717) is 23.8 Å². The quantitative estimate of drug-likeness (QED) is 0.406. The number of nitrogens with one attached hydrogen (secondary N) is 1. The second-order valence-electron chi connectivity index (χ2n) is 7.39. The molecule has 4 rings (SSSR count). The van der Waals surface area contributed by atoms with E-state index in [4.69, 9.17) is 9.15 Å². The summed E-state index contributed by atoms with van der Waals surface area (Å²) in [5.41, 5.74) is 1.78. The van der Waals surface area contributed by atoms with E-state index in [1.165, 1.54) is 6.07 Å². The molecule has 0 aliphatic rings. The fourth-order valence-corrected chi connectivity index (χ4v) is 3.62. The molecule has 0 saturated heterocycles. The molecule has 0 aliphatic carbocycles. The minimum absolute atomic E-state index is 0.193. The predicted octanol–water partition coefficient (Wildman–Crippen LogP) is 3.50. The van der Waals surface area contributed by atoms with Gasteiger partial charge in [0.05, 0.1) is 11.0 Å². The number of anilines is 1. The molecule has 0 aliphatic heterocycles. The Balaban J connectivity index is 1.47. The van der Waals surface area contributed by atoms with Crippen LogP contribution in [-0.2, 0) is 11.3 Å². The predicted molar refractivity (Wildman–Crippen MR) is 124 cm³/mol. The number of carbonyl (C=O) groups is 1. The number of para-hydroxylation sites is 2. The SMILES string of the molecule is CCN(CC)CCn1c(NC(=O)COc2ccc3ccc(=O)oc3c2)nc2ccccc21. The number of ether oxygens (including phenoxy) is 1. The third-order valence-electron chi connectivity index (χ3n) is 5.40. The molecule has 0 unspecified atom stereocenters. The molecule has 0 atom stereocenters. The maximum atomic E-state index is 12.6. The van der Waals surface area contributed by atoms with Gasteiger partial charge in [0.1, 0.15) is 11.3 Å². The van der Waals surface area contributed by atoms with Crippen LogP contribution in [0.1, 0.15) is 13.8 Å². The Bertz CT molecular complexity index is 1290. The maximum absolute atomic E-state index is 12.6. The van der Waals surface area contributed by atoms with Gasteiger partial charge in [-0.2, -0.15) is 0 Å². The van der Waals surface area contributed by atoms with Crippen molar-refractivity contribution in [3.05, 3.63) is 65.0 Å². The third kappa shape index (κ3) is 4.81. The molecule has 2 aromatic carbocycles. The van der Waals surface area contributed by atoms with Gasteiger partial charge in [0.25, 0.3) is 5.91 Å². The van der Waals surface area contributed by atoms with Crippen LogP contribution >= 0.6 is 0 Å². The molecule has 0 radical (unpaired) electrons. The minimum atomic E-state index is -0.434. The zero-order valence-corrected chi connectivity index (χ0v) is 18.2. The van der Waals surface area contributed by atoms with Crippen LogP contribution in [0.5, 0.6) is 5.75 Å². The van der Waals surface area contributed by atoms with E-state index in [1.54, 1.807) is 24.3 Å². The first-order valence-corrected chi connectivity index (χ1v) is 10.7. The van der Waals surface area contributed by atoms with Gasteiger partial charge in [-0.05, 0) is 43.4 Å². The Morgan fingerprint density at radius 3 is 2.72 bits per heavy atom. The largest absolute Gasteiger partial charge is 0.484 e. The van der Waals surface area contributed by atoms with Gasteiger partial charge in [0, 0.05) is 30.6 Å². The van der Waals surface area contributed by atoms with Crippen molar-refractivity contribution < 1.29 is 13.9 Å². The van der Waals surface area contributed by atoms with Gasteiger partial charge in [0.2, 0.25) is 5.95 Å². The van der Waals surface area contributed by atoms with E-state index >= 15 is 0 Å². The summed E-state index contributed by atoms with van der Waals surface area (Å²) in [6.45, 7) is 7.56. The Morgan fingerprint density at radius 2 is 1.91 bits per heavy atom. The average Bonchev–Trinajstić information content (AvgIpc) is 3.15. The molecule has 0 bridgehead atoms. The molecule has 4 aromatic rings. The number of hydrogen-bond donors (Lipinski definition) is 1. The van der Waals surface area contributed by atoms with Crippen LogP contribution in [0.3, 0.4) is 0 Å². The van der Waals surface area contributed by atoms with Crippen molar-refractivity contribution in [2.45, 2.75) is 20.4 Å². The lowest BCUT2D eigenvalue weighted by Gasteiger charge is -2.19. The Morgan fingerprint density at radius 1 is 1.12 bits per heavy atom. The molecule has 8 heteroatoms. The fraction of sp³-hybridized carbons (Fsp3) is 0.292. The number of hydrogen-bond acceptors (Lipinski definition) is 6. The summed E-state index contributed by atoms with van der Waals surface area (Å²) in [5, 5.41) is 3.65. The molecule has 166 valence electrons. The first-order chi connectivity index (χ1) is 15.6. The standard InChI is InChI=1S/C24H26N4O4/c1-3-27(4-2)13-14-28-20-8-6-5-7-19(20)25-24(28)26-22(29)16-31-18-11-9-17-10-12-23(30)32-21(17)15-18/h5-12,15H,3-4,13-14,16H2,1-2H3,(H,25,26,29). The molecule has 32 heavy (non-hydrogen) atoms. The minimum Gasteiger partial charge on any atom is -0.484 e. The van der Waals surface area contributed by atoms with Crippen LogP contribution in [0.4, 0.5) is 5.95 Å². The zero-order chi connectivity index (χ0) is 22.5. The highest BCUT2D eigenvalue weighted by atomic mass is 16.5. The van der Waals surface area contributed by atoms with Crippen LogP contribution in [-0.4, -0.2) is 46.6 Å². The molecule has 1 N–H and O–H groups in total. The summed E-state index contributed by atoms with van der Waals surface area (Å²) in [6.07, 6.45) is 0. The second-order valence-corrected chi connectivity index (χ2v) is 7.39. The van der Waals surface area contributed by atoms with Crippen molar-refractivity contribution in [1.29, 1.82) is 0 Å². The van der Waals surface area contributed by atoms with Crippen molar-refractivity contribution in [1.82, 2.24) is 14.5 Å². The lowest BCUT2D eigenvalue weighted by molar-refractivity contribution is -0.118. The first-order valence-electron chi connectivity index (χ1n) is 10.7. The molecule has 0 saturated carbocycles. The van der Waals surface area contributed by atoms with E-state index in [2.05, 4.69) is 29.0 Å². The van der Waals surface area contributed by atoms with Gasteiger partial charge < -0.3 is 18.6 Å². The van der Waals surface area contributed by atoms with Crippen molar-refractivity contribution in [3.8, 4) is 5.75 Å². The monoisotopic (exact) mass is 434 g/mol. The number of nitrogens with zero attached hydrogens (tertiary/aromatic N) is 3.